The van der Waals surface area contributed by atoms with Gasteiger partial charge >= 0.3 is 6.03 Å². The molecule has 1 aromatic heterocycles. The van der Waals surface area contributed by atoms with Gasteiger partial charge in [-0.1, -0.05) is 23.7 Å². The number of aryl methyl sites for hydroxylation is 1. The van der Waals surface area contributed by atoms with Crippen molar-refractivity contribution < 1.29 is 9.59 Å². The highest BCUT2D eigenvalue weighted by Crippen LogP contribution is 2.42. The van der Waals surface area contributed by atoms with Crippen LogP contribution in [0.25, 0.3) is 5.69 Å². The van der Waals surface area contributed by atoms with Gasteiger partial charge in [0.25, 0.3) is 5.91 Å². The Morgan fingerprint density at radius 1 is 1.14 bits per heavy atom. The highest BCUT2D eigenvalue weighted by Gasteiger charge is 2.33. The quantitative estimate of drug-likeness (QED) is 0.579. The van der Waals surface area contributed by atoms with Crippen molar-refractivity contribution in [1.29, 1.82) is 0 Å². The number of nitrogens with zero attached hydrogens (tertiary/aromatic N) is 2. The Hall–Kier alpha value is -3.32. The number of halogens is 1. The van der Waals surface area contributed by atoms with Gasteiger partial charge in [0.2, 0.25) is 0 Å². The van der Waals surface area contributed by atoms with E-state index in [-0.39, 0.29) is 5.91 Å². The lowest BCUT2D eigenvalue weighted by Gasteiger charge is -2.11. The average molecular weight is 410 g/mol. The molecule has 4 N–H and O–H groups in total. The van der Waals surface area contributed by atoms with Gasteiger partial charge in [-0.15, -0.1) is 0 Å². The van der Waals surface area contributed by atoms with Crippen molar-refractivity contribution in [3.05, 3.63) is 70.5 Å². The topological polar surface area (TPSA) is 102 Å². The van der Waals surface area contributed by atoms with E-state index in [0.29, 0.717) is 27.9 Å². The zero-order valence-corrected chi connectivity index (χ0v) is 16.5. The minimum absolute atomic E-state index is 0.257. The van der Waals surface area contributed by atoms with Crippen LogP contribution >= 0.6 is 11.6 Å². The van der Waals surface area contributed by atoms with E-state index in [2.05, 4.69) is 15.7 Å². The first kappa shape index (κ1) is 19.0. The van der Waals surface area contributed by atoms with E-state index < -0.39 is 6.03 Å². The maximum Gasteiger partial charge on any atom is 0.316 e. The summed E-state index contributed by atoms with van der Waals surface area (Å²) in [5.41, 5.74) is 9.42. The molecule has 1 saturated carbocycles. The van der Waals surface area contributed by atoms with Gasteiger partial charge in [-0.25, -0.2) is 9.48 Å². The third kappa shape index (κ3) is 4.09. The van der Waals surface area contributed by atoms with Crippen molar-refractivity contribution in [3.63, 3.8) is 0 Å². The van der Waals surface area contributed by atoms with E-state index in [9.17, 15) is 9.59 Å². The molecule has 148 valence electrons. The van der Waals surface area contributed by atoms with Crippen LogP contribution in [0.4, 0.5) is 16.2 Å². The second kappa shape index (κ2) is 7.60. The third-order valence-electron chi connectivity index (χ3n) is 4.80. The van der Waals surface area contributed by atoms with Gasteiger partial charge in [-0.3, -0.25) is 4.79 Å². The SMILES string of the molecule is Cc1ccc(-n2ncc(C(=O)Nc3cccc(NC(N)=O)c3)c2C2CC2)cc1Cl. The molecule has 1 fully saturated rings. The number of nitrogens with one attached hydrogen (secondary N) is 2. The van der Waals surface area contributed by atoms with Gasteiger partial charge in [0.05, 0.1) is 23.1 Å². The molecule has 1 aliphatic carbocycles. The largest absolute Gasteiger partial charge is 0.351 e. The molecular weight excluding hydrogens is 390 g/mol. The fraction of sp³-hybridized carbons (Fsp3) is 0.190. The highest BCUT2D eigenvalue weighted by molar-refractivity contribution is 6.31. The third-order valence-corrected chi connectivity index (χ3v) is 5.21. The van der Waals surface area contributed by atoms with E-state index in [4.69, 9.17) is 17.3 Å². The van der Waals surface area contributed by atoms with E-state index in [0.717, 1.165) is 29.8 Å². The van der Waals surface area contributed by atoms with Crippen molar-refractivity contribution in [2.45, 2.75) is 25.7 Å². The van der Waals surface area contributed by atoms with E-state index >= 15 is 0 Å². The molecule has 0 spiro atoms. The molecule has 0 radical (unpaired) electrons. The lowest BCUT2D eigenvalue weighted by molar-refractivity contribution is 0.102. The van der Waals surface area contributed by atoms with Crippen LogP contribution in [-0.4, -0.2) is 21.7 Å². The van der Waals surface area contributed by atoms with Crippen LogP contribution in [0.1, 0.15) is 40.4 Å². The molecular formula is C21H20ClN5O2. The Balaban J connectivity index is 1.63. The summed E-state index contributed by atoms with van der Waals surface area (Å²) >= 11 is 6.28. The number of aromatic nitrogens is 2. The van der Waals surface area contributed by atoms with Crippen molar-refractivity contribution in [2.24, 2.45) is 5.73 Å². The molecule has 3 aromatic rings. The number of carbonyl (C=O) groups is 2. The van der Waals surface area contributed by atoms with Crippen molar-refractivity contribution in [1.82, 2.24) is 9.78 Å². The summed E-state index contributed by atoms with van der Waals surface area (Å²) in [5, 5.41) is 10.5. The van der Waals surface area contributed by atoms with Crippen molar-refractivity contribution >= 4 is 34.9 Å². The first-order chi connectivity index (χ1) is 13.9. The number of benzene rings is 2. The number of carbonyl (C=O) groups excluding carboxylic acids is 2. The second-order valence-corrected chi connectivity index (χ2v) is 7.49. The molecule has 1 aliphatic rings. The van der Waals surface area contributed by atoms with Crippen LogP contribution in [0, 0.1) is 6.92 Å². The van der Waals surface area contributed by atoms with Crippen molar-refractivity contribution in [3.8, 4) is 5.69 Å². The summed E-state index contributed by atoms with van der Waals surface area (Å²) in [6.45, 7) is 1.94. The predicted molar refractivity (Wildman–Crippen MR) is 113 cm³/mol. The first-order valence-corrected chi connectivity index (χ1v) is 9.62. The summed E-state index contributed by atoms with van der Waals surface area (Å²) in [6, 6.07) is 11.9. The number of primary amides is 1. The summed E-state index contributed by atoms with van der Waals surface area (Å²) in [7, 11) is 0. The van der Waals surface area contributed by atoms with Gasteiger partial charge in [-0.05, 0) is 55.7 Å². The summed E-state index contributed by atoms with van der Waals surface area (Å²) < 4.78 is 1.79. The molecule has 2 aromatic carbocycles. The van der Waals surface area contributed by atoms with Crippen LogP contribution in [0.2, 0.25) is 5.02 Å². The van der Waals surface area contributed by atoms with Crippen LogP contribution in [-0.2, 0) is 0 Å². The average Bonchev–Trinajstić information content (AvgIpc) is 3.41. The second-order valence-electron chi connectivity index (χ2n) is 7.09. The number of hydrogen-bond acceptors (Lipinski definition) is 3. The molecule has 4 rings (SSSR count). The van der Waals surface area contributed by atoms with Gasteiger partial charge in [-0.2, -0.15) is 5.10 Å². The van der Waals surface area contributed by atoms with Crippen LogP contribution in [0.15, 0.2) is 48.7 Å². The normalized spacial score (nSPS) is 13.2. The van der Waals surface area contributed by atoms with E-state index in [1.807, 2.05) is 25.1 Å². The van der Waals surface area contributed by atoms with Gasteiger partial charge < -0.3 is 16.4 Å². The molecule has 0 atom stereocenters. The van der Waals surface area contributed by atoms with Crippen molar-refractivity contribution in [2.75, 3.05) is 10.6 Å². The van der Waals surface area contributed by atoms with Gasteiger partial charge in [0, 0.05) is 22.3 Å². The van der Waals surface area contributed by atoms with Gasteiger partial charge in [0.1, 0.15) is 0 Å². The smallest absolute Gasteiger partial charge is 0.316 e. The first-order valence-electron chi connectivity index (χ1n) is 9.24. The fourth-order valence-corrected chi connectivity index (χ4v) is 3.39. The molecule has 3 amide bonds. The van der Waals surface area contributed by atoms with Gasteiger partial charge in [0.15, 0.2) is 0 Å². The predicted octanol–water partition coefficient (Wildman–Crippen LogP) is 4.45. The Morgan fingerprint density at radius 2 is 1.86 bits per heavy atom. The Bertz CT molecular complexity index is 1100. The maximum absolute atomic E-state index is 13.0. The number of nitrogens with two attached hydrogens (primary N) is 1. The number of rotatable bonds is 5. The number of hydrogen-bond donors (Lipinski definition) is 3. The monoisotopic (exact) mass is 409 g/mol. The number of urea groups is 1. The summed E-state index contributed by atoms with van der Waals surface area (Å²) in [4.78, 5) is 24.0. The van der Waals surface area contributed by atoms with Crippen LogP contribution in [0.3, 0.4) is 0 Å². The minimum Gasteiger partial charge on any atom is -0.351 e. The number of anilines is 2. The molecule has 0 saturated heterocycles. The zero-order valence-electron chi connectivity index (χ0n) is 15.8. The minimum atomic E-state index is -0.664. The Labute approximate surface area is 172 Å². The highest BCUT2D eigenvalue weighted by atomic mass is 35.5. The van der Waals surface area contributed by atoms with Crippen LogP contribution < -0.4 is 16.4 Å². The standard InChI is InChI=1S/C21H20ClN5O2/c1-12-5-8-16(10-18(12)22)27-19(13-6-7-13)17(11-24-27)20(28)25-14-3-2-4-15(9-14)26-21(23)29/h2-5,8-11,13H,6-7H2,1H3,(H,25,28)(H3,23,26,29). The lowest BCUT2D eigenvalue weighted by atomic mass is 10.1. The fourth-order valence-electron chi connectivity index (χ4n) is 3.22. The van der Waals surface area contributed by atoms with E-state index in [1.54, 1.807) is 35.1 Å². The van der Waals surface area contributed by atoms with Crippen LogP contribution in [0.5, 0.6) is 0 Å². The molecule has 29 heavy (non-hydrogen) atoms. The molecule has 0 unspecified atom stereocenters. The maximum atomic E-state index is 13.0. The Kier molecular flexibility index (Phi) is 4.98. The summed E-state index contributed by atoms with van der Waals surface area (Å²) in [5.74, 6) is 0.0359. The zero-order chi connectivity index (χ0) is 20.5. The molecule has 0 bridgehead atoms. The molecule has 0 aliphatic heterocycles. The molecule has 1 heterocycles. The van der Waals surface area contributed by atoms with E-state index in [1.165, 1.54) is 0 Å². The molecule has 7 nitrogen and oxygen atoms in total. The number of amides is 3. The summed E-state index contributed by atoms with van der Waals surface area (Å²) in [6.07, 6.45) is 3.62. The lowest BCUT2D eigenvalue weighted by Crippen LogP contribution is -2.19. The Morgan fingerprint density at radius 3 is 2.52 bits per heavy atom. The molecule has 8 heteroatoms.